The Hall–Kier alpha value is -3.37. The number of anilines is 1. The van der Waals surface area contributed by atoms with Crippen molar-refractivity contribution in [2.45, 2.75) is 51.7 Å². The van der Waals surface area contributed by atoms with Crippen LogP contribution in [0, 0.1) is 11.3 Å². The average Bonchev–Trinajstić information content (AvgIpc) is 3.01. The van der Waals surface area contributed by atoms with Gasteiger partial charge >= 0.3 is 0 Å². The Balaban J connectivity index is 1.72. The Morgan fingerprint density at radius 3 is 2.88 bits per heavy atom. The Labute approximate surface area is 191 Å². The number of unbranched alkanes of at least 4 members (excludes halogenated alkanes) is 1. The number of hydrogen-bond acceptors (Lipinski definition) is 4. The van der Waals surface area contributed by atoms with E-state index in [0.717, 1.165) is 28.1 Å². The molecule has 7 nitrogen and oxygen atoms in total. The lowest BCUT2D eigenvalue weighted by Gasteiger charge is -2.23. The summed E-state index contributed by atoms with van der Waals surface area (Å²) in [5.74, 6) is 0.522. The number of nitrogens with one attached hydrogen (secondary N) is 1. The van der Waals surface area contributed by atoms with E-state index < -0.39 is 0 Å². The van der Waals surface area contributed by atoms with E-state index in [1.54, 1.807) is 4.90 Å². The third kappa shape index (κ3) is 4.61. The average molecular weight is 450 g/mol. The third-order valence-corrected chi connectivity index (χ3v) is 5.87. The molecule has 2 amide bonds. The Kier molecular flexibility index (Phi) is 6.42. The van der Waals surface area contributed by atoms with Gasteiger partial charge in [0.05, 0.1) is 23.6 Å². The van der Waals surface area contributed by atoms with Gasteiger partial charge in [0.25, 0.3) is 0 Å². The highest BCUT2D eigenvalue weighted by Crippen LogP contribution is 2.30. The zero-order chi connectivity index (χ0) is 22.7. The Morgan fingerprint density at radius 1 is 1.28 bits per heavy atom. The van der Waals surface area contributed by atoms with Gasteiger partial charge in [0.1, 0.15) is 5.82 Å². The van der Waals surface area contributed by atoms with Crippen molar-refractivity contribution in [1.82, 2.24) is 14.9 Å². The van der Waals surface area contributed by atoms with E-state index >= 15 is 0 Å². The molecular weight excluding hydrogens is 426 g/mol. The maximum Gasteiger partial charge on any atom is 0.229 e. The summed E-state index contributed by atoms with van der Waals surface area (Å²) in [4.78, 5) is 31.5. The first kappa shape index (κ1) is 21.8. The summed E-state index contributed by atoms with van der Waals surface area (Å²) in [6, 6.07) is 15.3. The van der Waals surface area contributed by atoms with Crippen LogP contribution in [0.1, 0.15) is 37.6 Å². The van der Waals surface area contributed by atoms with E-state index in [0.29, 0.717) is 37.4 Å². The standard InChI is InChI=1S/C24H24ClN5O2/c1-16(31)27-19-12-17-6-2-3-7-21(17)30(24(32)14-19)15-23-28-20-13-18(25)8-9-22(20)29(23)11-5-4-10-26/h2-3,6-9,13,19H,4-5,11-12,14-15H2,1H3,(H,27,31). The molecule has 0 bridgehead atoms. The largest absolute Gasteiger partial charge is 0.353 e. The molecule has 0 saturated heterocycles. The van der Waals surface area contributed by atoms with E-state index in [4.69, 9.17) is 21.8 Å². The molecule has 3 aromatic rings. The van der Waals surface area contributed by atoms with Crippen molar-refractivity contribution in [2.75, 3.05) is 4.90 Å². The second kappa shape index (κ2) is 9.41. The van der Waals surface area contributed by atoms with Gasteiger partial charge in [-0.05, 0) is 42.7 Å². The fourth-order valence-corrected chi connectivity index (χ4v) is 4.45. The molecule has 32 heavy (non-hydrogen) atoms. The van der Waals surface area contributed by atoms with Crippen LogP contribution in [0.25, 0.3) is 11.0 Å². The molecule has 1 aliphatic rings. The maximum atomic E-state index is 13.3. The molecule has 0 aliphatic carbocycles. The topological polar surface area (TPSA) is 91.0 Å². The van der Waals surface area contributed by atoms with Crippen LogP contribution in [-0.2, 0) is 29.1 Å². The van der Waals surface area contributed by atoms with Crippen LogP contribution in [0.4, 0.5) is 5.69 Å². The molecule has 4 rings (SSSR count). The molecule has 2 aromatic carbocycles. The van der Waals surface area contributed by atoms with Crippen LogP contribution in [0.15, 0.2) is 42.5 Å². The number of fused-ring (bicyclic) bond motifs is 2. The van der Waals surface area contributed by atoms with Crippen molar-refractivity contribution < 1.29 is 9.59 Å². The number of aromatic nitrogens is 2. The SMILES string of the molecule is CC(=O)NC1CC(=O)N(Cc2nc3cc(Cl)ccc3n2CCCC#N)c2ccccc2C1. The first-order valence-electron chi connectivity index (χ1n) is 10.6. The highest BCUT2D eigenvalue weighted by atomic mass is 35.5. The van der Waals surface area contributed by atoms with Gasteiger partial charge in [0.15, 0.2) is 0 Å². The summed E-state index contributed by atoms with van der Waals surface area (Å²) in [6.07, 6.45) is 1.93. The summed E-state index contributed by atoms with van der Waals surface area (Å²) in [7, 11) is 0. The monoisotopic (exact) mass is 449 g/mol. The van der Waals surface area contributed by atoms with E-state index in [2.05, 4.69) is 16.0 Å². The van der Waals surface area contributed by atoms with Crippen molar-refractivity contribution >= 4 is 40.1 Å². The summed E-state index contributed by atoms with van der Waals surface area (Å²) < 4.78 is 2.06. The zero-order valence-electron chi connectivity index (χ0n) is 17.8. The summed E-state index contributed by atoms with van der Waals surface area (Å²) in [5.41, 5.74) is 3.52. The van der Waals surface area contributed by atoms with E-state index in [9.17, 15) is 9.59 Å². The second-order valence-electron chi connectivity index (χ2n) is 7.99. The molecule has 0 radical (unpaired) electrons. The fourth-order valence-electron chi connectivity index (χ4n) is 4.28. The number of rotatable bonds is 6. The van der Waals surface area contributed by atoms with Crippen LogP contribution in [0.3, 0.4) is 0 Å². The second-order valence-corrected chi connectivity index (χ2v) is 8.43. The molecular formula is C24H24ClN5O2. The minimum atomic E-state index is -0.251. The number of benzene rings is 2. The number of carbonyl (C=O) groups is 2. The minimum Gasteiger partial charge on any atom is -0.353 e. The van der Waals surface area contributed by atoms with Crippen LogP contribution >= 0.6 is 11.6 Å². The third-order valence-electron chi connectivity index (χ3n) is 5.64. The van der Waals surface area contributed by atoms with Crippen molar-refractivity contribution in [1.29, 1.82) is 5.26 Å². The van der Waals surface area contributed by atoms with Gasteiger partial charge in [-0.25, -0.2) is 4.98 Å². The van der Waals surface area contributed by atoms with Gasteiger partial charge in [-0.15, -0.1) is 0 Å². The van der Waals surface area contributed by atoms with Crippen LogP contribution < -0.4 is 10.2 Å². The number of hydrogen-bond donors (Lipinski definition) is 1. The molecule has 0 spiro atoms. The number of carbonyl (C=O) groups excluding carboxylic acids is 2. The normalized spacial score (nSPS) is 15.8. The lowest BCUT2D eigenvalue weighted by molar-refractivity contribution is -0.121. The number of halogens is 1. The number of nitriles is 1. The number of aryl methyl sites for hydroxylation is 1. The number of imidazole rings is 1. The lowest BCUT2D eigenvalue weighted by atomic mass is 10.0. The van der Waals surface area contributed by atoms with Crippen LogP contribution in [-0.4, -0.2) is 27.4 Å². The molecule has 1 atom stereocenters. The first-order chi connectivity index (χ1) is 15.5. The number of amides is 2. The van der Waals surface area contributed by atoms with Gasteiger partial charge in [-0.2, -0.15) is 5.26 Å². The van der Waals surface area contributed by atoms with Gasteiger partial charge < -0.3 is 14.8 Å². The van der Waals surface area contributed by atoms with Gasteiger partial charge in [-0.1, -0.05) is 29.8 Å². The molecule has 1 aromatic heterocycles. The van der Waals surface area contributed by atoms with E-state index in [1.165, 1.54) is 6.92 Å². The van der Waals surface area contributed by atoms with Crippen molar-refractivity contribution in [3.05, 3.63) is 58.9 Å². The molecule has 2 heterocycles. The van der Waals surface area contributed by atoms with Gasteiger partial charge in [0.2, 0.25) is 11.8 Å². The van der Waals surface area contributed by atoms with Crippen molar-refractivity contribution in [3.63, 3.8) is 0 Å². The highest BCUT2D eigenvalue weighted by molar-refractivity contribution is 6.31. The van der Waals surface area contributed by atoms with Crippen molar-refractivity contribution in [3.8, 4) is 6.07 Å². The van der Waals surface area contributed by atoms with Gasteiger partial charge in [0, 0.05) is 43.1 Å². The predicted octanol–water partition coefficient (Wildman–Crippen LogP) is 3.98. The molecule has 1 unspecified atom stereocenters. The molecule has 8 heteroatoms. The lowest BCUT2D eigenvalue weighted by Crippen LogP contribution is -2.38. The Morgan fingerprint density at radius 2 is 2.09 bits per heavy atom. The Bertz CT molecular complexity index is 1210. The predicted molar refractivity (Wildman–Crippen MR) is 123 cm³/mol. The zero-order valence-corrected chi connectivity index (χ0v) is 18.6. The molecule has 0 fully saturated rings. The van der Waals surface area contributed by atoms with Crippen LogP contribution in [0.5, 0.6) is 0 Å². The number of nitrogens with zero attached hydrogens (tertiary/aromatic N) is 4. The smallest absolute Gasteiger partial charge is 0.229 e. The molecule has 164 valence electrons. The van der Waals surface area contributed by atoms with E-state index in [1.807, 2.05) is 42.5 Å². The summed E-state index contributed by atoms with van der Waals surface area (Å²) >= 11 is 6.18. The minimum absolute atomic E-state index is 0.0673. The van der Waals surface area contributed by atoms with Gasteiger partial charge in [-0.3, -0.25) is 9.59 Å². The fraction of sp³-hybridized carbons (Fsp3) is 0.333. The van der Waals surface area contributed by atoms with Crippen molar-refractivity contribution in [2.24, 2.45) is 0 Å². The summed E-state index contributed by atoms with van der Waals surface area (Å²) in [6.45, 7) is 2.38. The highest BCUT2D eigenvalue weighted by Gasteiger charge is 2.29. The maximum absolute atomic E-state index is 13.3. The first-order valence-corrected chi connectivity index (χ1v) is 11.0. The molecule has 1 N–H and O–H groups in total. The summed E-state index contributed by atoms with van der Waals surface area (Å²) in [5, 5.41) is 12.5. The molecule has 1 aliphatic heterocycles. The number of para-hydroxylation sites is 1. The molecule has 0 saturated carbocycles. The quantitative estimate of drug-likeness (QED) is 0.576. The van der Waals surface area contributed by atoms with E-state index in [-0.39, 0.29) is 24.3 Å². The van der Waals surface area contributed by atoms with Crippen LogP contribution in [0.2, 0.25) is 5.02 Å².